The summed E-state index contributed by atoms with van der Waals surface area (Å²) in [6.07, 6.45) is 2.30. The highest BCUT2D eigenvalue weighted by atomic mass is 35.5. The smallest absolute Gasteiger partial charge is 0.252 e. The van der Waals surface area contributed by atoms with Gasteiger partial charge in [0.25, 0.3) is 5.91 Å². The molecule has 2 N–H and O–H groups in total. The van der Waals surface area contributed by atoms with Crippen molar-refractivity contribution in [1.82, 2.24) is 15.5 Å². The second kappa shape index (κ2) is 10.8. The number of nitrogens with zero attached hydrogens (tertiary/aromatic N) is 1. The van der Waals surface area contributed by atoms with Crippen LogP contribution in [-0.2, 0) is 4.79 Å². The molecule has 1 aliphatic rings. The van der Waals surface area contributed by atoms with Crippen LogP contribution in [-0.4, -0.2) is 42.4 Å². The highest BCUT2D eigenvalue weighted by Gasteiger charge is 2.29. The molecule has 2 atom stereocenters. The van der Waals surface area contributed by atoms with Crippen molar-refractivity contribution >= 4 is 23.4 Å². The van der Waals surface area contributed by atoms with E-state index in [1.807, 2.05) is 63.2 Å². The SMILES string of the molecule is Cc1ccccc1C(=O)NC(C(=O)NCC(c1ccccc1Cl)N1CCCC1)C(C)C. The number of carbonyl (C=O) groups is 2. The molecule has 3 rings (SSSR count). The highest BCUT2D eigenvalue weighted by Crippen LogP contribution is 2.29. The molecule has 2 aromatic rings. The summed E-state index contributed by atoms with van der Waals surface area (Å²) in [5.41, 5.74) is 2.50. The normalized spacial score (nSPS) is 16.2. The van der Waals surface area contributed by atoms with Crippen molar-refractivity contribution in [2.24, 2.45) is 5.92 Å². The molecular weight excluding hydrogens is 410 g/mol. The lowest BCUT2D eigenvalue weighted by Crippen LogP contribution is -2.51. The Labute approximate surface area is 190 Å². The minimum absolute atomic E-state index is 0.0139. The summed E-state index contributed by atoms with van der Waals surface area (Å²) < 4.78 is 0. The minimum Gasteiger partial charge on any atom is -0.352 e. The van der Waals surface area contributed by atoms with Crippen molar-refractivity contribution in [2.75, 3.05) is 19.6 Å². The first-order valence-corrected chi connectivity index (χ1v) is 11.4. The van der Waals surface area contributed by atoms with Crippen LogP contribution in [0.4, 0.5) is 0 Å². The Bertz CT molecular complexity index is 909. The van der Waals surface area contributed by atoms with Crippen LogP contribution in [0.15, 0.2) is 48.5 Å². The van der Waals surface area contributed by atoms with E-state index >= 15 is 0 Å². The van der Waals surface area contributed by atoms with E-state index in [-0.39, 0.29) is 23.8 Å². The maximum absolute atomic E-state index is 13.1. The van der Waals surface area contributed by atoms with Crippen LogP contribution in [0.5, 0.6) is 0 Å². The Morgan fingerprint density at radius 3 is 2.32 bits per heavy atom. The van der Waals surface area contributed by atoms with Crippen LogP contribution in [0.1, 0.15) is 54.2 Å². The third-order valence-corrected chi connectivity index (χ3v) is 6.28. The van der Waals surface area contributed by atoms with E-state index in [2.05, 4.69) is 15.5 Å². The van der Waals surface area contributed by atoms with Gasteiger partial charge in [-0.25, -0.2) is 0 Å². The fourth-order valence-electron chi connectivity index (χ4n) is 4.12. The number of nitrogens with one attached hydrogen (secondary N) is 2. The van der Waals surface area contributed by atoms with Gasteiger partial charge >= 0.3 is 0 Å². The quantitative estimate of drug-likeness (QED) is 0.640. The Hall–Kier alpha value is -2.37. The second-order valence-corrected chi connectivity index (χ2v) is 8.94. The number of hydrogen-bond acceptors (Lipinski definition) is 3. The zero-order valence-corrected chi connectivity index (χ0v) is 19.3. The first kappa shape index (κ1) is 23.3. The molecule has 0 radical (unpaired) electrons. The minimum atomic E-state index is -0.613. The zero-order chi connectivity index (χ0) is 22.4. The largest absolute Gasteiger partial charge is 0.352 e. The van der Waals surface area contributed by atoms with Gasteiger partial charge in [0.15, 0.2) is 0 Å². The first-order valence-electron chi connectivity index (χ1n) is 11.0. The molecule has 166 valence electrons. The fourth-order valence-corrected chi connectivity index (χ4v) is 4.38. The van der Waals surface area contributed by atoms with Gasteiger partial charge in [0.1, 0.15) is 6.04 Å². The summed E-state index contributed by atoms with van der Waals surface area (Å²) >= 11 is 6.48. The van der Waals surface area contributed by atoms with Crippen molar-refractivity contribution in [3.05, 3.63) is 70.2 Å². The molecule has 2 amide bonds. The van der Waals surface area contributed by atoms with Gasteiger partial charge in [-0.1, -0.05) is 61.8 Å². The molecule has 1 saturated heterocycles. The van der Waals surface area contributed by atoms with Crippen molar-refractivity contribution in [2.45, 2.75) is 45.7 Å². The van der Waals surface area contributed by atoms with Crippen LogP contribution in [0, 0.1) is 12.8 Å². The number of hydrogen-bond donors (Lipinski definition) is 2. The summed E-state index contributed by atoms with van der Waals surface area (Å²) in [6, 6.07) is 14.6. The molecule has 1 heterocycles. The zero-order valence-electron chi connectivity index (χ0n) is 18.5. The van der Waals surface area contributed by atoms with E-state index < -0.39 is 6.04 Å². The van der Waals surface area contributed by atoms with E-state index in [1.165, 1.54) is 0 Å². The fraction of sp³-hybridized carbons (Fsp3) is 0.440. The van der Waals surface area contributed by atoms with Crippen molar-refractivity contribution < 1.29 is 9.59 Å². The summed E-state index contributed by atoms with van der Waals surface area (Å²) in [5.74, 6) is -0.444. The number of carbonyl (C=O) groups excluding carboxylic acids is 2. The lowest BCUT2D eigenvalue weighted by atomic mass is 10.0. The number of aryl methyl sites for hydroxylation is 1. The Balaban J connectivity index is 1.71. The van der Waals surface area contributed by atoms with Gasteiger partial charge in [0.2, 0.25) is 5.91 Å². The van der Waals surface area contributed by atoms with Crippen molar-refractivity contribution in [3.8, 4) is 0 Å². The summed E-state index contributed by atoms with van der Waals surface area (Å²) in [7, 11) is 0. The second-order valence-electron chi connectivity index (χ2n) is 8.54. The van der Waals surface area contributed by atoms with E-state index in [4.69, 9.17) is 11.6 Å². The highest BCUT2D eigenvalue weighted by molar-refractivity contribution is 6.31. The standard InChI is InChI=1S/C25H32ClN3O2/c1-17(2)23(28-24(30)19-11-5-4-10-18(19)3)25(31)27-16-22(29-14-8-9-15-29)20-12-6-7-13-21(20)26/h4-7,10-13,17,22-23H,8-9,14-16H2,1-3H3,(H,27,31)(H,28,30). The summed E-state index contributed by atoms with van der Waals surface area (Å²) in [4.78, 5) is 28.2. The molecule has 1 fully saturated rings. The van der Waals surface area contributed by atoms with E-state index in [9.17, 15) is 9.59 Å². The van der Waals surface area contributed by atoms with Crippen molar-refractivity contribution in [1.29, 1.82) is 0 Å². The predicted octanol–water partition coefficient (Wildman–Crippen LogP) is 4.36. The average molecular weight is 442 g/mol. The van der Waals surface area contributed by atoms with Crippen LogP contribution in [0.25, 0.3) is 0 Å². The topological polar surface area (TPSA) is 61.4 Å². The lowest BCUT2D eigenvalue weighted by Gasteiger charge is -2.30. The van der Waals surface area contributed by atoms with E-state index in [0.29, 0.717) is 17.1 Å². The van der Waals surface area contributed by atoms with Gasteiger partial charge in [-0.3, -0.25) is 14.5 Å². The first-order chi connectivity index (χ1) is 14.9. The van der Waals surface area contributed by atoms with Crippen LogP contribution in [0.2, 0.25) is 5.02 Å². The maximum atomic E-state index is 13.1. The van der Waals surface area contributed by atoms with Gasteiger partial charge in [-0.05, 0) is 62.0 Å². The monoisotopic (exact) mass is 441 g/mol. The molecular formula is C25H32ClN3O2. The van der Waals surface area contributed by atoms with Crippen LogP contribution < -0.4 is 10.6 Å². The maximum Gasteiger partial charge on any atom is 0.252 e. The third kappa shape index (κ3) is 5.86. The Kier molecular flexibility index (Phi) is 8.10. The number of benzene rings is 2. The average Bonchev–Trinajstić information content (AvgIpc) is 3.27. The molecule has 1 aliphatic heterocycles. The Morgan fingerprint density at radius 1 is 1.03 bits per heavy atom. The Morgan fingerprint density at radius 2 is 1.68 bits per heavy atom. The molecule has 5 nitrogen and oxygen atoms in total. The number of likely N-dealkylation sites (tertiary alicyclic amines) is 1. The number of amides is 2. The summed E-state index contributed by atoms with van der Waals surface area (Å²) in [5, 5.41) is 6.72. The molecule has 0 aliphatic carbocycles. The van der Waals surface area contributed by atoms with Gasteiger partial charge in [0, 0.05) is 17.1 Å². The van der Waals surface area contributed by atoms with Gasteiger partial charge in [0.05, 0.1) is 6.04 Å². The van der Waals surface area contributed by atoms with Gasteiger partial charge in [-0.2, -0.15) is 0 Å². The van der Waals surface area contributed by atoms with Crippen molar-refractivity contribution in [3.63, 3.8) is 0 Å². The molecule has 31 heavy (non-hydrogen) atoms. The molecule has 2 aromatic carbocycles. The molecule has 0 bridgehead atoms. The predicted molar refractivity (Wildman–Crippen MR) is 125 cm³/mol. The lowest BCUT2D eigenvalue weighted by molar-refractivity contribution is -0.124. The number of halogens is 1. The molecule has 6 heteroatoms. The van der Waals surface area contributed by atoms with Crippen LogP contribution in [0.3, 0.4) is 0 Å². The molecule has 0 saturated carbocycles. The molecule has 2 unspecified atom stereocenters. The number of rotatable bonds is 8. The molecule has 0 aromatic heterocycles. The van der Waals surface area contributed by atoms with E-state index in [1.54, 1.807) is 6.07 Å². The van der Waals surface area contributed by atoms with Crippen LogP contribution >= 0.6 is 11.6 Å². The third-order valence-electron chi connectivity index (χ3n) is 5.94. The molecule has 0 spiro atoms. The van der Waals surface area contributed by atoms with E-state index in [0.717, 1.165) is 37.1 Å². The summed E-state index contributed by atoms with van der Waals surface area (Å²) in [6.45, 7) is 8.20. The van der Waals surface area contributed by atoms with Gasteiger partial charge in [-0.15, -0.1) is 0 Å². The van der Waals surface area contributed by atoms with Gasteiger partial charge < -0.3 is 10.6 Å².